The lowest BCUT2D eigenvalue weighted by Crippen LogP contribution is -2.60. The molecule has 17 rings (SSSR count). The normalized spacial score (nSPS) is 23.4. The molecule has 7 heterocycles. The summed E-state index contributed by atoms with van der Waals surface area (Å²) in [5.74, 6) is -2.71. The molecule has 2 bridgehead atoms. The first-order valence-electron chi connectivity index (χ1n) is 40.3. The van der Waals surface area contributed by atoms with Crippen molar-refractivity contribution >= 4 is 98.4 Å². The van der Waals surface area contributed by atoms with Crippen LogP contribution in [0.2, 0.25) is 0 Å². The zero-order valence-corrected chi connectivity index (χ0v) is 66.8. The van der Waals surface area contributed by atoms with Crippen molar-refractivity contribution in [1.82, 2.24) is 30.3 Å². The predicted octanol–water partition coefficient (Wildman–Crippen LogP) is 7.95. The fourth-order valence-electron chi connectivity index (χ4n) is 18.0. The maximum atomic E-state index is 12.9. The van der Waals surface area contributed by atoms with Crippen molar-refractivity contribution in [2.24, 2.45) is 39.9 Å². The van der Waals surface area contributed by atoms with E-state index in [2.05, 4.69) is 32.1 Å². The number of rotatable bonds is 16. The van der Waals surface area contributed by atoms with Gasteiger partial charge in [0.05, 0.1) is 36.3 Å². The summed E-state index contributed by atoms with van der Waals surface area (Å²) in [6.45, 7) is 12.2. The summed E-state index contributed by atoms with van der Waals surface area (Å²) in [6, 6.07) is 59.1. The highest BCUT2D eigenvalue weighted by Crippen LogP contribution is 2.48. The minimum Gasteiger partial charge on any atom is -0.480 e. The number of nitrogens with one attached hydrogen (secondary N) is 3. The minimum atomic E-state index is -1.11. The Hall–Kier alpha value is -12.0. The molecular formula is C91H105N13O14. The summed E-state index contributed by atoms with van der Waals surface area (Å²) in [5.41, 5.74) is 27.6. The van der Waals surface area contributed by atoms with E-state index in [0.29, 0.717) is 99.5 Å². The summed E-state index contributed by atoms with van der Waals surface area (Å²) in [4.78, 5) is 137. The van der Waals surface area contributed by atoms with Crippen LogP contribution in [0.4, 0.5) is 17.1 Å². The first-order chi connectivity index (χ1) is 56.6. The molecule has 27 nitrogen and oxygen atoms in total. The van der Waals surface area contributed by atoms with Crippen molar-refractivity contribution in [3.63, 3.8) is 0 Å². The van der Waals surface area contributed by atoms with Crippen LogP contribution in [0.15, 0.2) is 206 Å². The number of piperidine rings is 1. The molecule has 2 saturated carbocycles. The second-order valence-corrected chi connectivity index (χ2v) is 31.8. The third-order valence-electron chi connectivity index (χ3n) is 23.8. The number of aromatic amines is 1. The molecule has 7 aromatic carbocycles. The number of benzene rings is 7. The molecule has 10 atom stereocenters. The summed E-state index contributed by atoms with van der Waals surface area (Å²) >= 11 is 0. The van der Waals surface area contributed by atoms with Crippen molar-refractivity contribution in [1.29, 1.82) is 0 Å². The highest BCUT2D eigenvalue weighted by Gasteiger charge is 2.53. The number of aliphatic imine (C=N–C) groups is 1. The monoisotopic (exact) mass is 1600 g/mol. The third kappa shape index (κ3) is 19.3. The number of amides is 4. The van der Waals surface area contributed by atoms with E-state index in [4.69, 9.17) is 27.4 Å². The molecule has 6 aliphatic heterocycles. The van der Waals surface area contributed by atoms with Crippen molar-refractivity contribution < 1.29 is 68.4 Å². The number of Topliss-reactive ketones (excluding diaryl/α,β-unsaturated/α-hetero) is 2. The Morgan fingerprint density at radius 2 is 1.20 bits per heavy atom. The average molecular weight is 1600 g/mol. The minimum absolute atomic E-state index is 0.0300. The Bertz CT molecular complexity index is 5020. The highest BCUT2D eigenvalue weighted by molar-refractivity contribution is 6.20. The van der Waals surface area contributed by atoms with Crippen LogP contribution in [0, 0.1) is 17.8 Å². The zero-order chi connectivity index (χ0) is 84.1. The molecule has 27 heteroatoms. The number of nitrogens with zero attached hydrogens (tertiary/aromatic N) is 7. The second-order valence-electron chi connectivity index (χ2n) is 31.8. The van der Waals surface area contributed by atoms with Gasteiger partial charge in [0.15, 0.2) is 0 Å². The fraction of sp³-hybridized carbons (Fsp3) is 0.374. The van der Waals surface area contributed by atoms with E-state index in [9.17, 15) is 58.2 Å². The van der Waals surface area contributed by atoms with Crippen molar-refractivity contribution in [3.05, 3.63) is 240 Å². The summed E-state index contributed by atoms with van der Waals surface area (Å²) in [7, 11) is 0. The molecule has 13 N–H and O–H groups in total. The Kier molecular flexibility index (Phi) is 27.4. The van der Waals surface area contributed by atoms with Gasteiger partial charge in [0.1, 0.15) is 53.9 Å². The maximum Gasteiger partial charge on any atom is 0.326 e. The molecule has 8 aromatic rings. The van der Waals surface area contributed by atoms with E-state index in [1.165, 1.54) is 40.9 Å². The molecular weight excluding hydrogens is 1500 g/mol. The van der Waals surface area contributed by atoms with Gasteiger partial charge in [-0.3, -0.25) is 57.9 Å². The lowest BCUT2D eigenvalue weighted by atomic mass is 9.80. The van der Waals surface area contributed by atoms with Crippen LogP contribution in [0.25, 0.3) is 16.6 Å². The van der Waals surface area contributed by atoms with Gasteiger partial charge >= 0.3 is 23.9 Å². The maximum absolute atomic E-state index is 12.9. The molecule has 4 saturated heterocycles. The van der Waals surface area contributed by atoms with Crippen molar-refractivity contribution in [2.45, 2.75) is 139 Å². The molecule has 1 aromatic heterocycles. The number of anilines is 3. The van der Waals surface area contributed by atoms with Gasteiger partial charge in [-0.15, -0.1) is 0 Å². The van der Waals surface area contributed by atoms with Crippen LogP contribution in [0.3, 0.4) is 0 Å². The van der Waals surface area contributed by atoms with E-state index in [-0.39, 0.29) is 73.1 Å². The van der Waals surface area contributed by atoms with E-state index < -0.39 is 53.1 Å². The van der Waals surface area contributed by atoms with Crippen LogP contribution in [-0.4, -0.2) is 211 Å². The second kappa shape index (κ2) is 37.9. The number of carbonyl (C=O) groups is 10. The van der Waals surface area contributed by atoms with Gasteiger partial charge in [-0.2, -0.15) is 0 Å². The fourth-order valence-corrected chi connectivity index (χ4v) is 18.0. The molecule has 3 aliphatic carbocycles. The number of hydrogen-bond acceptors (Lipinski definition) is 18. The Balaban J connectivity index is 0.000000132. The third-order valence-corrected chi connectivity index (χ3v) is 23.8. The van der Waals surface area contributed by atoms with Gasteiger partial charge in [-0.05, 0) is 151 Å². The smallest absolute Gasteiger partial charge is 0.326 e. The molecule has 118 heavy (non-hydrogen) atoms. The number of nitrogens with two attached hydrogens (primary N) is 3. The number of aromatic nitrogens is 1. The van der Waals surface area contributed by atoms with Gasteiger partial charge < -0.3 is 72.8 Å². The van der Waals surface area contributed by atoms with Crippen molar-refractivity contribution in [2.75, 3.05) is 73.7 Å². The van der Waals surface area contributed by atoms with Crippen LogP contribution in [0.1, 0.15) is 105 Å². The largest absolute Gasteiger partial charge is 0.480 e. The Morgan fingerprint density at radius 1 is 0.636 bits per heavy atom. The topological polar surface area (TPSA) is 401 Å². The first-order valence-corrected chi connectivity index (χ1v) is 40.3. The number of aliphatic carboxylic acids is 4. The van der Waals surface area contributed by atoms with Gasteiger partial charge in [0.2, 0.25) is 17.7 Å². The van der Waals surface area contributed by atoms with Gasteiger partial charge in [-0.1, -0.05) is 170 Å². The molecule has 4 amide bonds. The lowest BCUT2D eigenvalue weighted by molar-refractivity contribution is -0.152. The standard InChI is InChI=1S/C20H22N2O3.C18H16N2O3.C16H21N3O2.C15H17N3O3.C13H14N2O2.C9H15NO/c23-19-17(13-15-7-3-1-4-8-15)21-11-12-22(19)18(20(24)25)14-16-9-5-2-6-10-16;1-12-18(23)20(11-16(21)22)15-10-6-5-9-14(15)17(19-12)13-7-3-2-4-8-13;1-13(20)11-18-12-19(14-5-3-2-4-6-14)16(15(18)21)7-9-17-10-8-16;1-9-11-4-2-3-5-12(11)18(8-14(19)20)15(21)13-6-10(16)7-17(9)13;14-13(12(16)17)6-5-11-9(7-13)8-3-1-2-4-10(8)15-11;1-5(11)8-6-2-3-7(4-6)9(8)10/h1-10,17-18,21H,11-14H2,(H,24,25);2-10,12H,11H2,1H3,(H,21,22);2-6,17H,7-12H2,1H3;2-5,10,13H,1,6-8,16H2,(H,19,20);1-4,15H,5-7,14H2,(H,16,17);6-9H,2-4,10H2,1H3/t17-,18-;;;10-,13?;;6-,7+,8+,9-/m0..0.1/s1. The summed E-state index contributed by atoms with van der Waals surface area (Å²) < 4.78 is 0. The number of carbonyl (C=O) groups excluding carboxylic acids is 6. The quantitative estimate of drug-likeness (QED) is 0.0438. The number of fused-ring (bicyclic) bond motifs is 8. The van der Waals surface area contributed by atoms with Gasteiger partial charge in [-0.25, -0.2) is 4.79 Å². The number of para-hydroxylation sites is 4. The number of carboxylic acid groups (broad SMARTS) is 4. The number of ketones is 2. The number of carboxylic acids is 4. The number of hydrogen-bond donors (Lipinski definition) is 10. The summed E-state index contributed by atoms with van der Waals surface area (Å²) in [6.07, 6.45) is 8.28. The summed E-state index contributed by atoms with van der Waals surface area (Å²) in [5, 5.41) is 44.7. The van der Waals surface area contributed by atoms with Crippen LogP contribution in [-0.2, 0) is 73.6 Å². The van der Waals surface area contributed by atoms with Gasteiger partial charge in [0, 0.05) is 95.1 Å². The Morgan fingerprint density at radius 3 is 1.80 bits per heavy atom. The van der Waals surface area contributed by atoms with E-state index in [0.717, 1.165) is 87.3 Å². The number of piperazine rings is 1. The van der Waals surface area contributed by atoms with Gasteiger partial charge in [0.25, 0.3) is 5.91 Å². The lowest BCUT2D eigenvalue weighted by Gasteiger charge is -2.40. The number of benzodiazepines with no additional fused rings is 1. The first kappa shape index (κ1) is 85.4. The molecule has 0 radical (unpaired) electrons. The SMILES string of the molecule is C=C1c2ccccc2N(CC(=O)O)C(=O)C2C[C@H](N)CN12.CC(=O)CN1CN(c2ccccc2)C2(CCNCC2)C1=O.CC(=O)[C@H]1[C@@H]2CC[C@@H](C2)[C@H]1N.CC1N=C(c2ccccc2)c2ccccc2N(CC(=O)O)C1=O.NC1(C(=O)O)CCc2[nH]c3ccccc3c2C1.O=C(O)[C@H](Cc1ccccc1)N1CCN[C@@H](Cc2ccccc2)C1=O. The van der Waals surface area contributed by atoms with E-state index in [1.807, 2.05) is 175 Å². The molecule has 6 fully saturated rings. The van der Waals surface area contributed by atoms with Crippen LogP contribution in [0.5, 0.6) is 0 Å². The van der Waals surface area contributed by atoms with Crippen LogP contribution < -0.4 is 42.5 Å². The molecule has 9 aliphatic rings. The highest BCUT2D eigenvalue weighted by atomic mass is 16.4. The van der Waals surface area contributed by atoms with E-state index >= 15 is 0 Å². The predicted molar refractivity (Wildman–Crippen MR) is 451 cm³/mol. The molecule has 1 spiro atoms. The van der Waals surface area contributed by atoms with Crippen molar-refractivity contribution in [3.8, 4) is 0 Å². The Labute approximate surface area is 685 Å². The van der Waals surface area contributed by atoms with E-state index in [1.54, 1.807) is 43.0 Å². The number of aryl methyl sites for hydroxylation is 1. The zero-order valence-electron chi connectivity index (χ0n) is 66.8. The molecule has 618 valence electrons. The molecule has 3 unspecified atom stereocenters. The average Bonchev–Trinajstić information content (AvgIpc) is 1.60. The number of H-pyrrole nitrogens is 1. The van der Waals surface area contributed by atoms with Crippen LogP contribution >= 0.6 is 0 Å².